The number of carbonyl (C=O) groups is 1. The van der Waals surface area contributed by atoms with Crippen molar-refractivity contribution in [3.05, 3.63) is 41.9 Å². The van der Waals surface area contributed by atoms with Crippen LogP contribution in [0.5, 0.6) is 5.88 Å². The molecule has 1 aliphatic heterocycles. The Morgan fingerprint density at radius 2 is 2.19 bits per heavy atom. The SMILES string of the molecule is COc1cc(C(=O)N2CCOC3CCC2C3OCc2ccncc2)on1. The summed E-state index contributed by atoms with van der Waals surface area (Å²) >= 11 is 0. The Morgan fingerprint density at radius 1 is 1.35 bits per heavy atom. The largest absolute Gasteiger partial charge is 0.479 e. The molecule has 1 saturated carbocycles. The summed E-state index contributed by atoms with van der Waals surface area (Å²) in [5.41, 5.74) is 1.04. The number of ether oxygens (including phenoxy) is 3. The van der Waals surface area contributed by atoms with E-state index in [1.807, 2.05) is 12.1 Å². The quantitative estimate of drug-likeness (QED) is 0.802. The fraction of sp³-hybridized carbons (Fsp3) is 0.500. The molecule has 3 unspecified atom stereocenters. The van der Waals surface area contributed by atoms with E-state index in [1.54, 1.807) is 17.3 Å². The van der Waals surface area contributed by atoms with Crippen molar-refractivity contribution in [1.82, 2.24) is 15.0 Å². The third-order valence-electron chi connectivity index (χ3n) is 4.92. The molecule has 1 aliphatic carbocycles. The van der Waals surface area contributed by atoms with Gasteiger partial charge in [-0.2, -0.15) is 0 Å². The van der Waals surface area contributed by atoms with Crippen LogP contribution < -0.4 is 4.74 Å². The average Bonchev–Trinajstić information content (AvgIpc) is 3.25. The third kappa shape index (κ3) is 3.30. The van der Waals surface area contributed by atoms with Crippen molar-refractivity contribution in [3.63, 3.8) is 0 Å². The number of hydrogen-bond donors (Lipinski definition) is 0. The van der Waals surface area contributed by atoms with Gasteiger partial charge in [0.15, 0.2) is 0 Å². The maximum atomic E-state index is 12.9. The van der Waals surface area contributed by atoms with Crippen molar-refractivity contribution in [2.45, 2.75) is 37.7 Å². The zero-order chi connectivity index (χ0) is 17.9. The lowest BCUT2D eigenvalue weighted by molar-refractivity contribution is -0.0598. The summed E-state index contributed by atoms with van der Waals surface area (Å²) in [7, 11) is 1.48. The Balaban J connectivity index is 1.50. The number of pyridine rings is 1. The van der Waals surface area contributed by atoms with Crippen LogP contribution in [-0.4, -0.2) is 59.5 Å². The minimum atomic E-state index is -0.213. The molecule has 8 nitrogen and oxygen atoms in total. The molecule has 8 heteroatoms. The van der Waals surface area contributed by atoms with Crippen LogP contribution in [0.1, 0.15) is 29.0 Å². The number of fused-ring (bicyclic) bond motifs is 2. The molecule has 0 aromatic carbocycles. The Hall–Kier alpha value is -2.45. The monoisotopic (exact) mass is 359 g/mol. The van der Waals surface area contributed by atoms with Gasteiger partial charge in [0.05, 0.1) is 38.5 Å². The van der Waals surface area contributed by atoms with Crippen LogP contribution in [0.2, 0.25) is 0 Å². The van der Waals surface area contributed by atoms with Gasteiger partial charge < -0.3 is 23.6 Å². The summed E-state index contributed by atoms with van der Waals surface area (Å²) in [5, 5.41) is 3.72. The van der Waals surface area contributed by atoms with Crippen molar-refractivity contribution in [2.75, 3.05) is 20.3 Å². The van der Waals surface area contributed by atoms with Crippen LogP contribution in [0, 0.1) is 0 Å². The molecule has 2 aliphatic rings. The van der Waals surface area contributed by atoms with Crippen molar-refractivity contribution < 1.29 is 23.5 Å². The molecule has 0 spiro atoms. The molecule has 1 saturated heterocycles. The average molecular weight is 359 g/mol. The van der Waals surface area contributed by atoms with E-state index >= 15 is 0 Å². The van der Waals surface area contributed by atoms with E-state index in [4.69, 9.17) is 18.7 Å². The Kier molecular flexibility index (Phi) is 4.85. The van der Waals surface area contributed by atoms with Gasteiger partial charge in [0.25, 0.3) is 11.8 Å². The summed E-state index contributed by atoms with van der Waals surface area (Å²) in [5.74, 6) is 0.240. The fourth-order valence-electron chi connectivity index (χ4n) is 3.63. The van der Waals surface area contributed by atoms with Gasteiger partial charge >= 0.3 is 0 Å². The van der Waals surface area contributed by atoms with Gasteiger partial charge in [0, 0.05) is 18.9 Å². The van der Waals surface area contributed by atoms with Gasteiger partial charge in [-0.05, 0) is 35.7 Å². The predicted molar refractivity (Wildman–Crippen MR) is 89.7 cm³/mol. The van der Waals surface area contributed by atoms with Gasteiger partial charge in [-0.1, -0.05) is 0 Å². The van der Waals surface area contributed by atoms with E-state index < -0.39 is 0 Å². The summed E-state index contributed by atoms with van der Waals surface area (Å²) in [6, 6.07) is 5.30. The van der Waals surface area contributed by atoms with Gasteiger partial charge in [0.1, 0.15) is 6.10 Å². The summed E-state index contributed by atoms with van der Waals surface area (Å²) in [6.45, 7) is 1.44. The lowest BCUT2D eigenvalue weighted by Crippen LogP contribution is -2.46. The smallest absolute Gasteiger partial charge is 0.293 e. The van der Waals surface area contributed by atoms with Crippen LogP contribution >= 0.6 is 0 Å². The molecule has 3 heterocycles. The second-order valence-electron chi connectivity index (χ2n) is 6.42. The Labute approximate surface area is 151 Å². The highest BCUT2D eigenvalue weighted by Gasteiger charge is 2.45. The molecule has 1 amide bonds. The lowest BCUT2D eigenvalue weighted by atomic mass is 10.1. The first-order chi connectivity index (χ1) is 12.8. The second kappa shape index (κ2) is 7.43. The molecule has 2 aromatic rings. The van der Waals surface area contributed by atoms with E-state index in [9.17, 15) is 4.79 Å². The van der Waals surface area contributed by atoms with Crippen LogP contribution in [-0.2, 0) is 16.1 Å². The normalized spacial score (nSPS) is 25.1. The lowest BCUT2D eigenvalue weighted by Gasteiger charge is -2.30. The number of amides is 1. The van der Waals surface area contributed by atoms with Gasteiger partial charge in [-0.15, -0.1) is 0 Å². The molecule has 3 atom stereocenters. The third-order valence-corrected chi connectivity index (χ3v) is 4.92. The van der Waals surface area contributed by atoms with Crippen molar-refractivity contribution >= 4 is 5.91 Å². The highest BCUT2D eigenvalue weighted by molar-refractivity contribution is 5.92. The maximum absolute atomic E-state index is 12.9. The van der Waals surface area contributed by atoms with E-state index in [-0.39, 0.29) is 35.8 Å². The first kappa shape index (κ1) is 17.0. The van der Waals surface area contributed by atoms with Crippen molar-refractivity contribution in [3.8, 4) is 5.88 Å². The number of carbonyl (C=O) groups excluding carboxylic acids is 1. The van der Waals surface area contributed by atoms with Crippen LogP contribution in [0.4, 0.5) is 0 Å². The molecule has 0 N–H and O–H groups in total. The molecule has 2 aromatic heterocycles. The molecular weight excluding hydrogens is 338 g/mol. The van der Waals surface area contributed by atoms with Gasteiger partial charge in [0.2, 0.25) is 5.76 Å². The highest BCUT2D eigenvalue weighted by Crippen LogP contribution is 2.33. The topological polar surface area (TPSA) is 86.9 Å². The van der Waals surface area contributed by atoms with E-state index in [0.717, 1.165) is 18.4 Å². The van der Waals surface area contributed by atoms with Gasteiger partial charge in [-0.3, -0.25) is 9.78 Å². The van der Waals surface area contributed by atoms with E-state index in [1.165, 1.54) is 13.2 Å². The number of hydrogen-bond acceptors (Lipinski definition) is 7. The van der Waals surface area contributed by atoms with E-state index in [0.29, 0.717) is 19.8 Å². The summed E-state index contributed by atoms with van der Waals surface area (Å²) < 4.78 is 22.2. The minimum absolute atomic E-state index is 0.00361. The molecule has 2 bridgehead atoms. The van der Waals surface area contributed by atoms with Crippen molar-refractivity contribution in [2.24, 2.45) is 0 Å². The molecule has 0 radical (unpaired) electrons. The van der Waals surface area contributed by atoms with Crippen LogP contribution in [0.15, 0.2) is 35.1 Å². The standard InChI is InChI=1S/C18H21N3O5/c1-23-16-10-15(26-20-16)18(22)21-8-9-24-14-3-2-13(21)17(14)25-11-12-4-6-19-7-5-12/h4-7,10,13-14,17H,2-3,8-9,11H2,1H3. The Morgan fingerprint density at radius 3 is 2.96 bits per heavy atom. The second-order valence-corrected chi connectivity index (χ2v) is 6.42. The number of aromatic nitrogens is 2. The van der Waals surface area contributed by atoms with Crippen LogP contribution in [0.3, 0.4) is 0 Å². The molecule has 26 heavy (non-hydrogen) atoms. The van der Waals surface area contributed by atoms with Crippen molar-refractivity contribution in [1.29, 1.82) is 0 Å². The maximum Gasteiger partial charge on any atom is 0.293 e. The van der Waals surface area contributed by atoms with E-state index in [2.05, 4.69) is 10.1 Å². The highest BCUT2D eigenvalue weighted by atomic mass is 16.5. The number of rotatable bonds is 5. The molecule has 2 fully saturated rings. The summed E-state index contributed by atoms with van der Waals surface area (Å²) in [4.78, 5) is 18.7. The molecule has 4 rings (SSSR count). The molecule has 138 valence electrons. The number of nitrogens with zero attached hydrogens (tertiary/aromatic N) is 3. The summed E-state index contributed by atoms with van der Waals surface area (Å²) in [6.07, 6.45) is 5.02. The molecular formula is C18H21N3O5. The fourth-order valence-corrected chi connectivity index (χ4v) is 3.63. The Bertz CT molecular complexity index is 750. The van der Waals surface area contributed by atoms with Gasteiger partial charge in [-0.25, -0.2) is 0 Å². The van der Waals surface area contributed by atoms with Crippen LogP contribution in [0.25, 0.3) is 0 Å². The first-order valence-corrected chi connectivity index (χ1v) is 8.70. The zero-order valence-corrected chi connectivity index (χ0v) is 14.5. The zero-order valence-electron chi connectivity index (χ0n) is 14.5. The predicted octanol–water partition coefficient (Wildman–Crippen LogP) is 1.67. The number of methoxy groups -OCH3 is 1. The first-order valence-electron chi connectivity index (χ1n) is 8.70. The minimum Gasteiger partial charge on any atom is -0.479 e.